The molecule has 0 radical (unpaired) electrons. The van der Waals surface area contributed by atoms with E-state index in [2.05, 4.69) is 4.98 Å². The summed E-state index contributed by atoms with van der Waals surface area (Å²) in [6.45, 7) is 0.574. The molecule has 1 N–H and O–H groups in total. The number of aliphatic carboxylic acids is 1. The van der Waals surface area contributed by atoms with Crippen LogP contribution in [0.1, 0.15) is 5.56 Å². The van der Waals surface area contributed by atoms with Crippen molar-refractivity contribution >= 4 is 17.7 Å². The van der Waals surface area contributed by atoms with Crippen molar-refractivity contribution in [3.8, 4) is 5.69 Å². The zero-order valence-electron chi connectivity index (χ0n) is 10.4. The fourth-order valence-corrected chi connectivity index (χ4v) is 2.33. The zero-order valence-corrected chi connectivity index (χ0v) is 11.3. The van der Waals surface area contributed by atoms with Gasteiger partial charge in [0, 0.05) is 25.2 Å². The molecule has 0 amide bonds. The minimum Gasteiger partial charge on any atom is -0.481 e. The molecule has 6 heteroatoms. The zero-order chi connectivity index (χ0) is 13.7. The fourth-order valence-electron chi connectivity index (χ4n) is 1.64. The average Bonchev–Trinajstić information content (AvgIpc) is 2.86. The number of carbonyl (C=O) groups is 1. The number of carboxylic acid groups (broad SMARTS) is 1. The predicted molar refractivity (Wildman–Crippen MR) is 72.6 cm³/mol. The predicted octanol–water partition coefficient (Wildman–Crippen LogP) is 2.20. The molecule has 5 nitrogen and oxygen atoms in total. The summed E-state index contributed by atoms with van der Waals surface area (Å²) >= 11 is 1.20. The second kappa shape index (κ2) is 6.40. The van der Waals surface area contributed by atoms with Crippen LogP contribution in [-0.2, 0) is 16.1 Å². The number of methoxy groups -OCH3 is 1. The fraction of sp³-hybridized carbons (Fsp3) is 0.231. The van der Waals surface area contributed by atoms with Crippen LogP contribution in [0.4, 0.5) is 0 Å². The van der Waals surface area contributed by atoms with Gasteiger partial charge in [0.15, 0.2) is 5.16 Å². The quantitative estimate of drug-likeness (QED) is 0.821. The van der Waals surface area contributed by atoms with Gasteiger partial charge in [0.05, 0.1) is 12.4 Å². The number of thioether (sulfide) groups is 1. The number of hydrogen-bond donors (Lipinski definition) is 1. The van der Waals surface area contributed by atoms with E-state index in [-0.39, 0.29) is 5.75 Å². The van der Waals surface area contributed by atoms with Gasteiger partial charge in [0.1, 0.15) is 0 Å². The van der Waals surface area contributed by atoms with Gasteiger partial charge in [-0.15, -0.1) is 0 Å². The Balaban J connectivity index is 2.17. The molecule has 19 heavy (non-hydrogen) atoms. The Kier molecular flexibility index (Phi) is 4.59. The number of rotatable bonds is 6. The topological polar surface area (TPSA) is 64.4 Å². The van der Waals surface area contributed by atoms with Crippen molar-refractivity contribution in [2.24, 2.45) is 0 Å². The van der Waals surface area contributed by atoms with Gasteiger partial charge in [0.2, 0.25) is 0 Å². The van der Waals surface area contributed by atoms with Crippen LogP contribution in [0.25, 0.3) is 5.69 Å². The highest BCUT2D eigenvalue weighted by atomic mass is 32.2. The first kappa shape index (κ1) is 13.6. The van der Waals surface area contributed by atoms with Crippen LogP contribution in [0, 0.1) is 0 Å². The molecule has 0 aliphatic heterocycles. The first-order valence-electron chi connectivity index (χ1n) is 5.67. The maximum absolute atomic E-state index is 10.6. The van der Waals surface area contributed by atoms with E-state index in [1.165, 1.54) is 11.8 Å². The van der Waals surface area contributed by atoms with Crippen molar-refractivity contribution in [1.82, 2.24) is 9.55 Å². The first-order chi connectivity index (χ1) is 9.20. The molecule has 0 spiro atoms. The Labute approximate surface area is 115 Å². The molecule has 0 saturated heterocycles. The van der Waals surface area contributed by atoms with Crippen LogP contribution < -0.4 is 0 Å². The second-order valence-electron chi connectivity index (χ2n) is 3.86. The molecule has 0 aliphatic rings. The molecule has 0 unspecified atom stereocenters. The van der Waals surface area contributed by atoms with Gasteiger partial charge in [0.25, 0.3) is 0 Å². The maximum Gasteiger partial charge on any atom is 0.313 e. The van der Waals surface area contributed by atoms with E-state index >= 15 is 0 Å². The lowest BCUT2D eigenvalue weighted by atomic mass is 10.2. The van der Waals surface area contributed by atoms with E-state index in [0.29, 0.717) is 11.8 Å². The lowest BCUT2D eigenvalue weighted by molar-refractivity contribution is -0.133. The molecule has 0 fully saturated rings. The monoisotopic (exact) mass is 278 g/mol. The molecular formula is C13H14N2O3S. The average molecular weight is 278 g/mol. The van der Waals surface area contributed by atoms with Gasteiger partial charge >= 0.3 is 5.97 Å². The largest absolute Gasteiger partial charge is 0.481 e. The molecule has 2 rings (SSSR count). The van der Waals surface area contributed by atoms with E-state index in [9.17, 15) is 4.79 Å². The summed E-state index contributed by atoms with van der Waals surface area (Å²) < 4.78 is 6.92. The van der Waals surface area contributed by atoms with Crippen LogP contribution in [0.3, 0.4) is 0 Å². The summed E-state index contributed by atoms with van der Waals surface area (Å²) in [4.78, 5) is 14.7. The molecular weight excluding hydrogens is 264 g/mol. The Morgan fingerprint density at radius 1 is 1.42 bits per heavy atom. The number of ether oxygens (including phenoxy) is 1. The van der Waals surface area contributed by atoms with Gasteiger partial charge in [-0.2, -0.15) is 0 Å². The molecule has 0 atom stereocenters. The Morgan fingerprint density at radius 2 is 2.16 bits per heavy atom. The summed E-state index contributed by atoms with van der Waals surface area (Å²) in [5, 5.41) is 9.37. The Morgan fingerprint density at radius 3 is 2.79 bits per heavy atom. The van der Waals surface area contributed by atoms with Gasteiger partial charge in [-0.05, 0) is 17.7 Å². The minimum atomic E-state index is -0.852. The van der Waals surface area contributed by atoms with Crippen LogP contribution in [0.5, 0.6) is 0 Å². The molecule has 0 bridgehead atoms. The molecule has 100 valence electrons. The first-order valence-corrected chi connectivity index (χ1v) is 6.65. The summed E-state index contributed by atoms with van der Waals surface area (Å²) in [6.07, 6.45) is 3.47. The Bertz CT molecular complexity index is 551. The van der Waals surface area contributed by atoms with Crippen LogP contribution in [0.15, 0.2) is 41.8 Å². The number of benzene rings is 1. The molecule has 1 aromatic carbocycles. The van der Waals surface area contributed by atoms with E-state index < -0.39 is 5.97 Å². The maximum atomic E-state index is 10.6. The summed E-state index contributed by atoms with van der Waals surface area (Å²) in [7, 11) is 1.66. The third kappa shape index (κ3) is 3.59. The van der Waals surface area contributed by atoms with E-state index in [0.717, 1.165) is 11.3 Å². The molecule has 0 saturated carbocycles. The number of hydrogen-bond acceptors (Lipinski definition) is 4. The second-order valence-corrected chi connectivity index (χ2v) is 4.80. The van der Waals surface area contributed by atoms with Gasteiger partial charge < -0.3 is 9.84 Å². The van der Waals surface area contributed by atoms with Gasteiger partial charge in [-0.3, -0.25) is 9.36 Å². The molecule has 0 aliphatic carbocycles. The normalized spacial score (nSPS) is 10.6. The van der Waals surface area contributed by atoms with Crippen LogP contribution in [-0.4, -0.2) is 33.5 Å². The van der Waals surface area contributed by atoms with Gasteiger partial charge in [-0.25, -0.2) is 4.98 Å². The minimum absolute atomic E-state index is 0.00122. The van der Waals surface area contributed by atoms with Gasteiger partial charge in [-0.1, -0.05) is 23.9 Å². The van der Waals surface area contributed by atoms with Crippen molar-refractivity contribution < 1.29 is 14.6 Å². The van der Waals surface area contributed by atoms with Crippen molar-refractivity contribution in [1.29, 1.82) is 0 Å². The van der Waals surface area contributed by atoms with E-state index in [1.54, 1.807) is 13.3 Å². The summed E-state index contributed by atoms with van der Waals surface area (Å²) in [5.41, 5.74) is 2.04. The molecule has 1 heterocycles. The SMILES string of the molecule is COCc1ccc(-n2ccnc2SCC(=O)O)cc1. The van der Waals surface area contributed by atoms with Crippen molar-refractivity contribution in [3.63, 3.8) is 0 Å². The smallest absolute Gasteiger partial charge is 0.313 e. The van der Waals surface area contributed by atoms with E-state index in [1.807, 2.05) is 35.0 Å². The summed E-state index contributed by atoms with van der Waals surface area (Å²) in [6, 6.07) is 7.87. The summed E-state index contributed by atoms with van der Waals surface area (Å²) in [5.74, 6) is -0.853. The van der Waals surface area contributed by atoms with Crippen molar-refractivity contribution in [3.05, 3.63) is 42.2 Å². The van der Waals surface area contributed by atoms with E-state index in [4.69, 9.17) is 9.84 Å². The number of carboxylic acids is 1. The Hall–Kier alpha value is -1.79. The highest BCUT2D eigenvalue weighted by Gasteiger charge is 2.08. The standard InChI is InChI=1S/C13H14N2O3S/c1-18-8-10-2-4-11(5-3-10)15-7-6-14-13(15)19-9-12(16)17/h2-7H,8-9H2,1H3,(H,16,17). The number of nitrogens with zero attached hydrogens (tertiary/aromatic N) is 2. The van der Waals surface area contributed by atoms with Crippen LogP contribution in [0.2, 0.25) is 0 Å². The number of aromatic nitrogens is 2. The lowest BCUT2D eigenvalue weighted by Gasteiger charge is -2.07. The molecule has 2 aromatic rings. The highest BCUT2D eigenvalue weighted by Crippen LogP contribution is 2.20. The highest BCUT2D eigenvalue weighted by molar-refractivity contribution is 7.99. The molecule has 1 aromatic heterocycles. The van der Waals surface area contributed by atoms with Crippen molar-refractivity contribution in [2.75, 3.05) is 12.9 Å². The third-order valence-electron chi connectivity index (χ3n) is 2.46. The lowest BCUT2D eigenvalue weighted by Crippen LogP contribution is -2.01. The van der Waals surface area contributed by atoms with Crippen molar-refractivity contribution in [2.45, 2.75) is 11.8 Å². The third-order valence-corrected chi connectivity index (χ3v) is 3.41. The number of imidazole rings is 1. The van der Waals surface area contributed by atoms with Crippen LogP contribution >= 0.6 is 11.8 Å².